The lowest BCUT2D eigenvalue weighted by Gasteiger charge is -2.28. The van der Waals surface area contributed by atoms with Crippen LogP contribution in [0.1, 0.15) is 38.2 Å². The molecule has 112 valence electrons. The van der Waals surface area contributed by atoms with Crippen molar-refractivity contribution in [2.75, 3.05) is 0 Å². The number of benzene rings is 1. The van der Waals surface area contributed by atoms with Crippen LogP contribution in [0.25, 0.3) is 11.0 Å². The van der Waals surface area contributed by atoms with Crippen molar-refractivity contribution in [3.63, 3.8) is 0 Å². The first kappa shape index (κ1) is 13.7. The van der Waals surface area contributed by atoms with E-state index in [2.05, 4.69) is 18.3 Å². The van der Waals surface area contributed by atoms with Crippen LogP contribution in [0.4, 0.5) is 0 Å². The molecule has 0 saturated heterocycles. The molecular formula is C18H22ClNO. The maximum atomic E-state index is 6.27. The van der Waals surface area contributed by atoms with Gasteiger partial charge in [0.25, 0.3) is 0 Å². The van der Waals surface area contributed by atoms with Gasteiger partial charge in [-0.2, -0.15) is 0 Å². The predicted molar refractivity (Wildman–Crippen MR) is 86.5 cm³/mol. The Morgan fingerprint density at radius 3 is 2.90 bits per heavy atom. The van der Waals surface area contributed by atoms with Gasteiger partial charge in [0.15, 0.2) is 5.22 Å². The fourth-order valence-corrected chi connectivity index (χ4v) is 4.81. The first-order valence-electron chi connectivity index (χ1n) is 8.11. The Balaban J connectivity index is 1.47. The minimum absolute atomic E-state index is 0.531. The van der Waals surface area contributed by atoms with Gasteiger partial charge in [-0.1, -0.05) is 24.6 Å². The first-order valence-corrected chi connectivity index (χ1v) is 8.49. The monoisotopic (exact) mass is 303 g/mol. The van der Waals surface area contributed by atoms with E-state index >= 15 is 0 Å². The maximum absolute atomic E-state index is 6.27. The molecule has 1 heterocycles. The normalized spacial score (nSPS) is 29.3. The van der Waals surface area contributed by atoms with Crippen molar-refractivity contribution in [1.82, 2.24) is 5.32 Å². The smallest absolute Gasteiger partial charge is 0.199 e. The Labute approximate surface area is 130 Å². The van der Waals surface area contributed by atoms with Crippen LogP contribution in [0.2, 0.25) is 5.22 Å². The number of halogens is 1. The molecule has 2 fully saturated rings. The Morgan fingerprint density at radius 1 is 1.29 bits per heavy atom. The summed E-state index contributed by atoms with van der Waals surface area (Å²) in [5, 5.41) is 5.37. The van der Waals surface area contributed by atoms with Crippen molar-refractivity contribution in [3.05, 3.63) is 35.0 Å². The zero-order valence-corrected chi connectivity index (χ0v) is 13.2. The van der Waals surface area contributed by atoms with E-state index in [1.165, 1.54) is 25.7 Å². The molecule has 4 rings (SSSR count). The summed E-state index contributed by atoms with van der Waals surface area (Å²) in [5.74, 6) is 2.80. The number of para-hydroxylation sites is 1. The van der Waals surface area contributed by atoms with Gasteiger partial charge >= 0.3 is 0 Å². The summed E-state index contributed by atoms with van der Waals surface area (Å²) < 4.78 is 5.63. The second-order valence-electron chi connectivity index (χ2n) is 6.86. The number of hydrogen-bond acceptors (Lipinski definition) is 2. The van der Waals surface area contributed by atoms with Gasteiger partial charge in [-0.05, 0) is 61.6 Å². The van der Waals surface area contributed by atoms with Gasteiger partial charge in [0, 0.05) is 23.5 Å². The lowest BCUT2D eigenvalue weighted by atomic mass is 9.84. The van der Waals surface area contributed by atoms with E-state index in [0.717, 1.165) is 40.8 Å². The van der Waals surface area contributed by atoms with E-state index < -0.39 is 0 Å². The first-order chi connectivity index (χ1) is 10.2. The number of fused-ring (bicyclic) bond motifs is 3. The standard InChI is InChI=1S/C18H22ClNO/c1-11(15-9-12-6-7-13(15)8-12)20-10-16-14-4-2-3-5-17(14)21-18(16)19/h2-5,11-13,15,20H,6-10H2,1H3. The molecule has 1 aromatic heterocycles. The number of furan rings is 1. The van der Waals surface area contributed by atoms with Crippen LogP contribution in [0.3, 0.4) is 0 Å². The van der Waals surface area contributed by atoms with Crippen molar-refractivity contribution in [2.45, 2.75) is 45.2 Å². The maximum Gasteiger partial charge on any atom is 0.199 e. The van der Waals surface area contributed by atoms with Crippen molar-refractivity contribution in [1.29, 1.82) is 0 Å². The van der Waals surface area contributed by atoms with Gasteiger partial charge in [0.1, 0.15) is 5.58 Å². The van der Waals surface area contributed by atoms with Gasteiger partial charge in [-0.15, -0.1) is 0 Å². The molecule has 2 bridgehead atoms. The van der Waals surface area contributed by atoms with Gasteiger partial charge in [0.2, 0.25) is 0 Å². The summed E-state index contributed by atoms with van der Waals surface area (Å²) >= 11 is 6.27. The number of hydrogen-bond donors (Lipinski definition) is 1. The van der Waals surface area contributed by atoms with Crippen LogP contribution in [-0.2, 0) is 6.54 Å². The van der Waals surface area contributed by atoms with Gasteiger partial charge in [-0.3, -0.25) is 0 Å². The third-order valence-corrected chi connectivity index (χ3v) is 5.99. The highest BCUT2D eigenvalue weighted by Crippen LogP contribution is 2.49. The second-order valence-corrected chi connectivity index (χ2v) is 7.20. The SMILES string of the molecule is CC(NCc1c(Cl)oc2ccccc12)C1CC2CCC1C2. The molecule has 0 spiro atoms. The lowest BCUT2D eigenvalue weighted by molar-refractivity contribution is 0.259. The van der Waals surface area contributed by atoms with E-state index in [-0.39, 0.29) is 0 Å². The van der Waals surface area contributed by atoms with Crippen molar-refractivity contribution in [2.24, 2.45) is 17.8 Å². The Bertz CT molecular complexity index is 650. The highest BCUT2D eigenvalue weighted by Gasteiger charge is 2.41. The minimum Gasteiger partial charge on any atom is -0.444 e. The molecule has 4 atom stereocenters. The van der Waals surface area contributed by atoms with Crippen molar-refractivity contribution < 1.29 is 4.42 Å². The zero-order valence-electron chi connectivity index (χ0n) is 12.4. The third-order valence-electron chi connectivity index (χ3n) is 5.68. The molecule has 2 aliphatic carbocycles. The van der Waals surface area contributed by atoms with E-state index in [4.69, 9.17) is 16.0 Å². The van der Waals surface area contributed by atoms with E-state index in [1.54, 1.807) is 0 Å². The summed E-state index contributed by atoms with van der Waals surface area (Å²) in [4.78, 5) is 0. The quantitative estimate of drug-likeness (QED) is 0.859. The molecule has 1 aromatic carbocycles. The highest BCUT2D eigenvalue weighted by atomic mass is 35.5. The van der Waals surface area contributed by atoms with Crippen molar-refractivity contribution in [3.8, 4) is 0 Å². The summed E-state index contributed by atoms with van der Waals surface area (Å²) in [6.45, 7) is 3.13. The Kier molecular flexibility index (Phi) is 3.47. The van der Waals surface area contributed by atoms with E-state index in [1.807, 2.05) is 18.2 Å². The number of nitrogens with one attached hydrogen (secondary N) is 1. The fourth-order valence-electron chi connectivity index (χ4n) is 4.55. The lowest BCUT2D eigenvalue weighted by Crippen LogP contribution is -2.35. The molecule has 1 N–H and O–H groups in total. The molecule has 3 heteroatoms. The molecule has 2 nitrogen and oxygen atoms in total. The van der Waals surface area contributed by atoms with Gasteiger partial charge < -0.3 is 9.73 Å². The predicted octanol–water partition coefficient (Wildman–Crippen LogP) is 5.00. The molecule has 2 aromatic rings. The van der Waals surface area contributed by atoms with E-state index in [9.17, 15) is 0 Å². The van der Waals surface area contributed by atoms with Crippen LogP contribution in [0.5, 0.6) is 0 Å². The molecule has 2 saturated carbocycles. The summed E-state index contributed by atoms with van der Waals surface area (Å²) in [7, 11) is 0. The molecule has 21 heavy (non-hydrogen) atoms. The molecule has 0 amide bonds. The average Bonchev–Trinajstić information content (AvgIpc) is 3.18. The van der Waals surface area contributed by atoms with Crippen LogP contribution < -0.4 is 5.32 Å². The second kappa shape index (κ2) is 5.33. The molecule has 2 aliphatic rings. The molecule has 0 aliphatic heterocycles. The Hall–Kier alpha value is -0.990. The Morgan fingerprint density at radius 2 is 2.14 bits per heavy atom. The van der Waals surface area contributed by atoms with Gasteiger partial charge in [-0.25, -0.2) is 0 Å². The number of rotatable bonds is 4. The highest BCUT2D eigenvalue weighted by molar-refractivity contribution is 6.30. The van der Waals surface area contributed by atoms with Crippen LogP contribution in [0, 0.1) is 17.8 Å². The summed E-state index contributed by atoms with van der Waals surface area (Å²) in [5.41, 5.74) is 1.98. The summed E-state index contributed by atoms with van der Waals surface area (Å²) in [6.07, 6.45) is 5.79. The van der Waals surface area contributed by atoms with Crippen molar-refractivity contribution >= 4 is 22.6 Å². The largest absolute Gasteiger partial charge is 0.444 e. The molecule has 0 radical (unpaired) electrons. The average molecular weight is 304 g/mol. The van der Waals surface area contributed by atoms with Crippen LogP contribution >= 0.6 is 11.6 Å². The molecule has 4 unspecified atom stereocenters. The zero-order chi connectivity index (χ0) is 14.4. The fraction of sp³-hybridized carbons (Fsp3) is 0.556. The third kappa shape index (κ3) is 2.39. The minimum atomic E-state index is 0.531. The van der Waals surface area contributed by atoms with Gasteiger partial charge in [0.05, 0.1) is 0 Å². The van der Waals surface area contributed by atoms with E-state index in [0.29, 0.717) is 11.3 Å². The summed E-state index contributed by atoms with van der Waals surface area (Å²) in [6, 6.07) is 8.65. The van der Waals surface area contributed by atoms with Crippen LogP contribution in [0.15, 0.2) is 28.7 Å². The molecular weight excluding hydrogens is 282 g/mol. The topological polar surface area (TPSA) is 25.2 Å². The van der Waals surface area contributed by atoms with Crippen LogP contribution in [-0.4, -0.2) is 6.04 Å².